The molecule has 2 aliphatic carbocycles. The number of hydrogen-bond donors (Lipinski definition) is 1. The minimum atomic E-state index is -0.728. The molecule has 1 saturated carbocycles. The number of benzene rings is 1. The summed E-state index contributed by atoms with van der Waals surface area (Å²) in [4.78, 5) is 31.4. The number of likely N-dealkylation sites (tertiary alicyclic amines) is 1. The Balaban J connectivity index is 1.36. The van der Waals surface area contributed by atoms with Crippen LogP contribution in [0, 0.1) is 17.8 Å². The Kier molecular flexibility index (Phi) is 7.57. The highest BCUT2D eigenvalue weighted by Gasteiger charge is 2.38. The number of carbonyl (C=O) groups is 2. The number of hydrogen-bond acceptors (Lipinski definition) is 3. The molecule has 3 aliphatic rings. The van der Waals surface area contributed by atoms with Crippen molar-refractivity contribution in [1.82, 2.24) is 9.88 Å². The van der Waals surface area contributed by atoms with E-state index in [0.29, 0.717) is 31.6 Å². The molecular weight excluding hydrogens is 596 g/mol. The van der Waals surface area contributed by atoms with Crippen molar-refractivity contribution >= 4 is 55.3 Å². The number of aryl methyl sites for hydroxylation is 2. The normalized spacial score (nSPS) is 24.9. The molecule has 2 fully saturated rings. The van der Waals surface area contributed by atoms with Crippen LogP contribution in [0.1, 0.15) is 66.8 Å². The summed E-state index contributed by atoms with van der Waals surface area (Å²) in [5, 5.41) is 10.0. The number of fused-ring (bicyclic) bond motifs is 2. The van der Waals surface area contributed by atoms with E-state index in [-0.39, 0.29) is 23.7 Å². The summed E-state index contributed by atoms with van der Waals surface area (Å²) in [6, 6.07) is 6.29. The van der Waals surface area contributed by atoms with E-state index >= 15 is 0 Å². The largest absolute Gasteiger partial charge is 0.481 e. The first-order valence-electron chi connectivity index (χ1n) is 12.5. The third-order valence-corrected chi connectivity index (χ3v) is 9.47. The minimum Gasteiger partial charge on any atom is -0.481 e. The Morgan fingerprint density at radius 1 is 0.943 bits per heavy atom. The lowest BCUT2D eigenvalue weighted by Crippen LogP contribution is -2.44. The molecule has 1 saturated heterocycles. The lowest BCUT2D eigenvalue weighted by atomic mass is 9.76. The highest BCUT2D eigenvalue weighted by molar-refractivity contribution is 9.10. The van der Waals surface area contributed by atoms with E-state index in [0.717, 1.165) is 58.4 Å². The number of carbonyl (C=O) groups excluding carboxylic acids is 1. The van der Waals surface area contributed by atoms with Crippen LogP contribution in [0.15, 0.2) is 33.3 Å². The Labute approximate surface area is 227 Å². The molecule has 2 heterocycles. The Morgan fingerprint density at radius 2 is 1.60 bits per heavy atom. The molecule has 0 radical (unpaired) electrons. The Bertz CT molecular complexity index is 1140. The topological polar surface area (TPSA) is 70.5 Å². The van der Waals surface area contributed by atoms with Gasteiger partial charge in [0, 0.05) is 45.1 Å². The van der Waals surface area contributed by atoms with Crippen molar-refractivity contribution in [1.29, 1.82) is 0 Å². The molecule has 5 nitrogen and oxygen atoms in total. The highest BCUT2D eigenvalue weighted by Crippen LogP contribution is 2.46. The second-order valence-electron chi connectivity index (χ2n) is 10.2. The van der Waals surface area contributed by atoms with Crippen LogP contribution in [0.4, 0.5) is 0 Å². The molecule has 0 bridgehead atoms. The van der Waals surface area contributed by atoms with Crippen LogP contribution in [0.2, 0.25) is 5.02 Å². The third-order valence-electron chi connectivity index (χ3n) is 8.17. The van der Waals surface area contributed by atoms with Gasteiger partial charge in [-0.05, 0) is 108 Å². The van der Waals surface area contributed by atoms with Crippen molar-refractivity contribution in [2.45, 2.75) is 57.3 Å². The molecule has 0 spiro atoms. The fraction of sp³-hybridized carbons (Fsp3) is 0.519. The molecule has 1 aromatic carbocycles. The molecule has 1 aromatic heterocycles. The molecule has 1 N–H and O–H groups in total. The second-order valence-corrected chi connectivity index (χ2v) is 12.4. The summed E-state index contributed by atoms with van der Waals surface area (Å²) in [5.41, 5.74) is 4.99. The van der Waals surface area contributed by atoms with Crippen LogP contribution >= 0.6 is 43.5 Å². The van der Waals surface area contributed by atoms with E-state index in [2.05, 4.69) is 44.0 Å². The van der Waals surface area contributed by atoms with Crippen molar-refractivity contribution in [2.24, 2.45) is 17.8 Å². The first-order valence-corrected chi connectivity index (χ1v) is 14.4. The zero-order valence-electron chi connectivity index (χ0n) is 19.5. The molecule has 1 aliphatic heterocycles. The third kappa shape index (κ3) is 5.19. The van der Waals surface area contributed by atoms with E-state index < -0.39 is 5.97 Å². The highest BCUT2D eigenvalue weighted by atomic mass is 79.9. The number of amides is 1. The molecule has 1 amide bonds. The lowest BCUT2D eigenvalue weighted by Gasteiger charge is -2.39. The predicted octanol–water partition coefficient (Wildman–Crippen LogP) is 6.62. The van der Waals surface area contributed by atoms with Gasteiger partial charge in [0.1, 0.15) is 0 Å². The quantitative estimate of drug-likeness (QED) is 0.417. The minimum absolute atomic E-state index is 0.0308. The van der Waals surface area contributed by atoms with E-state index in [9.17, 15) is 14.7 Å². The maximum absolute atomic E-state index is 13.2. The van der Waals surface area contributed by atoms with Crippen molar-refractivity contribution in [3.8, 4) is 0 Å². The summed E-state index contributed by atoms with van der Waals surface area (Å²) >= 11 is 13.8. The Morgan fingerprint density at radius 3 is 2.29 bits per heavy atom. The van der Waals surface area contributed by atoms with Crippen LogP contribution in [0.25, 0.3) is 0 Å². The van der Waals surface area contributed by atoms with Gasteiger partial charge in [0.05, 0.1) is 11.6 Å². The van der Waals surface area contributed by atoms with Crippen molar-refractivity contribution in [3.05, 3.63) is 60.7 Å². The van der Waals surface area contributed by atoms with Gasteiger partial charge < -0.3 is 10.0 Å². The zero-order valence-corrected chi connectivity index (χ0v) is 23.4. The van der Waals surface area contributed by atoms with Crippen LogP contribution < -0.4 is 0 Å². The van der Waals surface area contributed by atoms with Crippen molar-refractivity contribution < 1.29 is 14.7 Å². The SMILES string of the molecule is O=C(O)C1CCC(C(=O)N2CCC([C@H]3c4ncc(Br)cc4CCc4cc(Cl)cc(Br)c43)CC2)CC1. The van der Waals surface area contributed by atoms with Gasteiger partial charge in [0.2, 0.25) is 5.91 Å². The molecule has 5 rings (SSSR count). The Hall–Kier alpha value is -1.44. The fourth-order valence-electron chi connectivity index (χ4n) is 6.33. The van der Waals surface area contributed by atoms with Gasteiger partial charge in [-0.2, -0.15) is 0 Å². The van der Waals surface area contributed by atoms with Gasteiger partial charge in [-0.15, -0.1) is 0 Å². The average Bonchev–Trinajstić information content (AvgIpc) is 3.00. The summed E-state index contributed by atoms with van der Waals surface area (Å²) in [7, 11) is 0. The number of nitrogens with zero attached hydrogens (tertiary/aromatic N) is 2. The number of halogens is 3. The van der Waals surface area contributed by atoms with Gasteiger partial charge in [-0.1, -0.05) is 27.5 Å². The number of piperidine rings is 1. The average molecular weight is 625 g/mol. The first-order chi connectivity index (χ1) is 16.8. The molecule has 8 heteroatoms. The number of aromatic nitrogens is 1. The second kappa shape index (κ2) is 10.5. The monoisotopic (exact) mass is 622 g/mol. The van der Waals surface area contributed by atoms with Gasteiger partial charge >= 0.3 is 5.97 Å². The molecule has 186 valence electrons. The summed E-state index contributed by atoms with van der Waals surface area (Å²) < 4.78 is 2.03. The standard InChI is InChI=1S/C27H29Br2ClN2O3/c28-20-11-19-6-5-18-12-21(30)13-22(29)23(18)24(25(19)31-14-20)15-7-9-32(10-8-15)26(33)16-1-3-17(4-2-16)27(34)35/h11-17,24H,1-10H2,(H,34,35)/t16?,17?,24-/m1/s1. The van der Waals surface area contributed by atoms with Gasteiger partial charge in [0.15, 0.2) is 0 Å². The van der Waals surface area contributed by atoms with E-state index in [4.69, 9.17) is 16.6 Å². The zero-order chi connectivity index (χ0) is 24.7. The number of aliphatic carboxylic acids is 1. The maximum atomic E-state index is 13.2. The number of rotatable bonds is 3. The van der Waals surface area contributed by atoms with Crippen molar-refractivity contribution in [3.63, 3.8) is 0 Å². The lowest BCUT2D eigenvalue weighted by molar-refractivity contribution is -0.146. The summed E-state index contributed by atoms with van der Waals surface area (Å²) in [5.74, 6) is -0.303. The number of carboxylic acid groups (broad SMARTS) is 1. The van der Waals surface area contributed by atoms with Gasteiger partial charge in [-0.25, -0.2) is 0 Å². The van der Waals surface area contributed by atoms with Gasteiger partial charge in [-0.3, -0.25) is 14.6 Å². The van der Waals surface area contributed by atoms with E-state index in [1.165, 1.54) is 16.7 Å². The molecule has 0 unspecified atom stereocenters. The fourth-order valence-corrected chi connectivity index (χ4v) is 7.83. The summed E-state index contributed by atoms with van der Waals surface area (Å²) in [6.45, 7) is 1.48. The number of pyridine rings is 1. The molecule has 1 atom stereocenters. The molecular formula is C27H29Br2ClN2O3. The molecule has 35 heavy (non-hydrogen) atoms. The van der Waals surface area contributed by atoms with Crippen LogP contribution in [0.3, 0.4) is 0 Å². The van der Waals surface area contributed by atoms with E-state index in [1.807, 2.05) is 17.2 Å². The van der Waals surface area contributed by atoms with Crippen LogP contribution in [-0.2, 0) is 22.4 Å². The van der Waals surface area contributed by atoms with Gasteiger partial charge in [0.25, 0.3) is 0 Å². The van der Waals surface area contributed by atoms with Crippen LogP contribution in [-0.4, -0.2) is 40.0 Å². The first kappa shape index (κ1) is 25.2. The summed E-state index contributed by atoms with van der Waals surface area (Å²) in [6.07, 6.45) is 8.18. The van der Waals surface area contributed by atoms with Crippen molar-refractivity contribution in [2.75, 3.05) is 13.1 Å². The van der Waals surface area contributed by atoms with Crippen LogP contribution in [0.5, 0.6) is 0 Å². The predicted molar refractivity (Wildman–Crippen MR) is 143 cm³/mol. The molecule has 2 aromatic rings. The smallest absolute Gasteiger partial charge is 0.306 e. The maximum Gasteiger partial charge on any atom is 0.306 e. The van der Waals surface area contributed by atoms with E-state index in [1.54, 1.807) is 0 Å². The number of carboxylic acids is 1.